The number of amides is 1. The van der Waals surface area contributed by atoms with Crippen LogP contribution in [0.3, 0.4) is 0 Å². The van der Waals surface area contributed by atoms with Crippen molar-refractivity contribution >= 4 is 16.9 Å². The van der Waals surface area contributed by atoms with Crippen LogP contribution in [0, 0.1) is 18.8 Å². The van der Waals surface area contributed by atoms with Gasteiger partial charge in [-0.25, -0.2) is 4.98 Å². The minimum Gasteiger partial charge on any atom is -0.341 e. The topological polar surface area (TPSA) is 38.1 Å². The SMILES string of the molecule is Cc1ccccc1Cc1nc2ccccc2n1CC(=O)N(CC(C)C)CC(C)C. The molecule has 4 nitrogen and oxygen atoms in total. The van der Waals surface area contributed by atoms with Crippen LogP contribution in [0.2, 0.25) is 0 Å². The van der Waals surface area contributed by atoms with Crippen LogP contribution in [0.5, 0.6) is 0 Å². The Hall–Kier alpha value is -2.62. The molecule has 3 rings (SSSR count). The van der Waals surface area contributed by atoms with E-state index in [0.717, 1.165) is 36.4 Å². The first-order chi connectivity index (χ1) is 13.8. The molecule has 0 spiro atoms. The van der Waals surface area contributed by atoms with Crippen molar-refractivity contribution in [1.29, 1.82) is 0 Å². The molecule has 0 aliphatic rings. The summed E-state index contributed by atoms with van der Waals surface area (Å²) in [6, 6.07) is 16.5. The Kier molecular flexibility index (Phi) is 6.73. The largest absolute Gasteiger partial charge is 0.341 e. The molecule has 0 N–H and O–H groups in total. The Labute approximate surface area is 174 Å². The van der Waals surface area contributed by atoms with Gasteiger partial charge in [-0.05, 0) is 42.0 Å². The predicted octanol–water partition coefficient (Wildman–Crippen LogP) is 5.08. The number of hydrogen-bond donors (Lipinski definition) is 0. The van der Waals surface area contributed by atoms with Gasteiger partial charge in [-0.1, -0.05) is 64.1 Å². The molecule has 1 amide bonds. The van der Waals surface area contributed by atoms with E-state index in [1.165, 1.54) is 11.1 Å². The zero-order valence-electron chi connectivity index (χ0n) is 18.4. The fourth-order valence-electron chi connectivity index (χ4n) is 3.81. The maximum Gasteiger partial charge on any atom is 0.242 e. The quantitative estimate of drug-likeness (QED) is 0.537. The summed E-state index contributed by atoms with van der Waals surface area (Å²) in [6.07, 6.45) is 0.725. The van der Waals surface area contributed by atoms with Crippen molar-refractivity contribution in [2.45, 2.75) is 47.6 Å². The van der Waals surface area contributed by atoms with Crippen molar-refractivity contribution in [1.82, 2.24) is 14.5 Å². The summed E-state index contributed by atoms with van der Waals surface area (Å²) in [5.74, 6) is 2.01. The summed E-state index contributed by atoms with van der Waals surface area (Å²) in [6.45, 7) is 12.7. The number of fused-ring (bicyclic) bond motifs is 1. The molecule has 2 aromatic carbocycles. The van der Waals surface area contributed by atoms with E-state index in [1.807, 2.05) is 23.1 Å². The minimum atomic E-state index is 0.168. The van der Waals surface area contributed by atoms with Gasteiger partial charge < -0.3 is 9.47 Å². The number of rotatable bonds is 8. The molecular weight excluding hydrogens is 358 g/mol. The molecule has 1 heterocycles. The van der Waals surface area contributed by atoms with Crippen molar-refractivity contribution in [3.05, 3.63) is 65.5 Å². The molecule has 154 valence electrons. The summed E-state index contributed by atoms with van der Waals surface area (Å²) >= 11 is 0. The van der Waals surface area contributed by atoms with Crippen LogP contribution in [0.15, 0.2) is 48.5 Å². The number of benzene rings is 2. The minimum absolute atomic E-state index is 0.168. The van der Waals surface area contributed by atoms with Crippen LogP contribution in [0.4, 0.5) is 0 Å². The van der Waals surface area contributed by atoms with E-state index in [-0.39, 0.29) is 5.91 Å². The summed E-state index contributed by atoms with van der Waals surface area (Å²) in [5.41, 5.74) is 4.47. The number of para-hydroxylation sites is 2. The molecule has 0 aliphatic heterocycles. The molecule has 0 fully saturated rings. The molecule has 0 aliphatic carbocycles. The zero-order valence-corrected chi connectivity index (χ0v) is 18.4. The summed E-state index contributed by atoms with van der Waals surface area (Å²) in [7, 11) is 0. The first-order valence-electron chi connectivity index (χ1n) is 10.6. The number of carbonyl (C=O) groups excluding carboxylic acids is 1. The van der Waals surface area contributed by atoms with Crippen LogP contribution < -0.4 is 0 Å². The van der Waals surface area contributed by atoms with E-state index in [0.29, 0.717) is 18.4 Å². The highest BCUT2D eigenvalue weighted by Crippen LogP contribution is 2.20. The van der Waals surface area contributed by atoms with E-state index in [4.69, 9.17) is 4.98 Å². The number of carbonyl (C=O) groups is 1. The lowest BCUT2D eigenvalue weighted by molar-refractivity contribution is -0.132. The lowest BCUT2D eigenvalue weighted by Gasteiger charge is -2.27. The summed E-state index contributed by atoms with van der Waals surface area (Å²) in [4.78, 5) is 20.2. The van der Waals surface area contributed by atoms with Gasteiger partial charge in [0.2, 0.25) is 5.91 Å². The van der Waals surface area contributed by atoms with Gasteiger partial charge in [-0.3, -0.25) is 4.79 Å². The van der Waals surface area contributed by atoms with E-state index >= 15 is 0 Å². The van der Waals surface area contributed by atoms with E-state index in [2.05, 4.69) is 69.5 Å². The lowest BCUT2D eigenvalue weighted by Crippen LogP contribution is -2.39. The van der Waals surface area contributed by atoms with Crippen molar-refractivity contribution in [3.63, 3.8) is 0 Å². The van der Waals surface area contributed by atoms with Gasteiger partial charge in [0.25, 0.3) is 0 Å². The maximum absolute atomic E-state index is 13.3. The van der Waals surface area contributed by atoms with Gasteiger partial charge in [-0.15, -0.1) is 0 Å². The molecule has 29 heavy (non-hydrogen) atoms. The monoisotopic (exact) mass is 391 g/mol. The number of aromatic nitrogens is 2. The Morgan fingerprint density at radius 2 is 1.59 bits per heavy atom. The molecule has 0 bridgehead atoms. The Bertz CT molecular complexity index is 961. The predicted molar refractivity (Wildman–Crippen MR) is 120 cm³/mol. The molecule has 3 aromatic rings. The highest BCUT2D eigenvalue weighted by Gasteiger charge is 2.20. The van der Waals surface area contributed by atoms with Crippen LogP contribution in [-0.4, -0.2) is 33.4 Å². The number of aryl methyl sites for hydroxylation is 1. The lowest BCUT2D eigenvalue weighted by atomic mass is 10.1. The van der Waals surface area contributed by atoms with Gasteiger partial charge in [0.1, 0.15) is 12.4 Å². The molecule has 0 unspecified atom stereocenters. The second-order valence-corrected chi connectivity index (χ2v) is 8.79. The first kappa shape index (κ1) is 21.1. The second kappa shape index (κ2) is 9.25. The maximum atomic E-state index is 13.3. The fraction of sp³-hybridized carbons (Fsp3) is 0.440. The van der Waals surface area contributed by atoms with Gasteiger partial charge in [0.15, 0.2) is 0 Å². The third-order valence-corrected chi connectivity index (χ3v) is 5.16. The van der Waals surface area contributed by atoms with Gasteiger partial charge in [0.05, 0.1) is 11.0 Å². The van der Waals surface area contributed by atoms with Crippen LogP contribution in [0.1, 0.15) is 44.6 Å². The Morgan fingerprint density at radius 3 is 2.24 bits per heavy atom. The first-order valence-corrected chi connectivity index (χ1v) is 10.6. The Morgan fingerprint density at radius 1 is 0.966 bits per heavy atom. The van der Waals surface area contributed by atoms with Crippen LogP contribution in [0.25, 0.3) is 11.0 Å². The van der Waals surface area contributed by atoms with E-state index < -0.39 is 0 Å². The third-order valence-electron chi connectivity index (χ3n) is 5.16. The smallest absolute Gasteiger partial charge is 0.242 e. The molecule has 1 aromatic heterocycles. The molecule has 0 atom stereocenters. The molecule has 0 saturated carbocycles. The van der Waals surface area contributed by atoms with Crippen LogP contribution >= 0.6 is 0 Å². The average Bonchev–Trinajstić information content (AvgIpc) is 2.99. The van der Waals surface area contributed by atoms with Crippen molar-refractivity contribution < 1.29 is 4.79 Å². The standard InChI is InChI=1S/C25H33N3O/c1-18(2)15-27(16-19(3)4)25(29)17-28-23-13-9-8-12-22(23)26-24(28)14-21-11-7-6-10-20(21)5/h6-13,18-19H,14-17H2,1-5H3. The normalized spacial score (nSPS) is 11.6. The molecule has 0 radical (unpaired) electrons. The second-order valence-electron chi connectivity index (χ2n) is 8.79. The van der Waals surface area contributed by atoms with Crippen LogP contribution in [-0.2, 0) is 17.8 Å². The molecule has 0 saturated heterocycles. The highest BCUT2D eigenvalue weighted by atomic mass is 16.2. The van der Waals surface area contributed by atoms with Crippen molar-refractivity contribution in [3.8, 4) is 0 Å². The Balaban J connectivity index is 1.94. The van der Waals surface area contributed by atoms with Gasteiger partial charge in [-0.2, -0.15) is 0 Å². The average molecular weight is 392 g/mol. The fourth-order valence-corrected chi connectivity index (χ4v) is 3.81. The number of hydrogen-bond acceptors (Lipinski definition) is 2. The summed E-state index contributed by atoms with van der Waals surface area (Å²) in [5, 5.41) is 0. The molecule has 4 heteroatoms. The summed E-state index contributed by atoms with van der Waals surface area (Å²) < 4.78 is 2.11. The third kappa shape index (κ3) is 5.26. The van der Waals surface area contributed by atoms with E-state index in [1.54, 1.807) is 0 Å². The highest BCUT2D eigenvalue weighted by molar-refractivity contribution is 5.81. The molecular formula is C25H33N3O. The number of imidazole rings is 1. The van der Waals surface area contributed by atoms with Crippen molar-refractivity contribution in [2.24, 2.45) is 11.8 Å². The zero-order chi connectivity index (χ0) is 21.0. The number of nitrogens with zero attached hydrogens (tertiary/aromatic N) is 3. The van der Waals surface area contributed by atoms with E-state index in [9.17, 15) is 4.79 Å². The van der Waals surface area contributed by atoms with Crippen molar-refractivity contribution in [2.75, 3.05) is 13.1 Å². The van der Waals surface area contributed by atoms with Gasteiger partial charge in [0, 0.05) is 19.5 Å². The van der Waals surface area contributed by atoms with Gasteiger partial charge >= 0.3 is 0 Å².